The van der Waals surface area contributed by atoms with Crippen molar-refractivity contribution < 1.29 is 32.2 Å². The molecule has 0 aliphatic carbocycles. The molecule has 2 aromatic heterocycles. The molecular weight excluding hydrogens is 487 g/mol. The van der Waals surface area contributed by atoms with Crippen molar-refractivity contribution in [2.24, 2.45) is 0 Å². The molecule has 0 saturated heterocycles. The summed E-state index contributed by atoms with van der Waals surface area (Å²) in [6, 6.07) is 11.7. The topological polar surface area (TPSA) is 103 Å². The first-order valence-electron chi connectivity index (χ1n) is 10.3. The fourth-order valence-corrected chi connectivity index (χ4v) is 4.45. The number of H-pyrrole nitrogens is 1. The van der Waals surface area contributed by atoms with Crippen LogP contribution in [0.25, 0.3) is 27.6 Å². The molecule has 2 heterocycles. The van der Waals surface area contributed by atoms with E-state index in [4.69, 9.17) is 4.74 Å². The minimum Gasteiger partial charge on any atom is -0.465 e. The number of ether oxygens (including phenoxy) is 2. The van der Waals surface area contributed by atoms with Crippen LogP contribution in [0.1, 0.15) is 13.8 Å². The number of nitrogens with one attached hydrogen (secondary N) is 1. The van der Waals surface area contributed by atoms with Crippen molar-refractivity contribution >= 4 is 45.5 Å². The van der Waals surface area contributed by atoms with Crippen LogP contribution in [0.2, 0.25) is 0 Å². The number of benzene rings is 2. The predicted octanol–water partition coefficient (Wildman–Crippen LogP) is 4.38. The Morgan fingerprint density at radius 1 is 1.14 bits per heavy atom. The van der Waals surface area contributed by atoms with E-state index in [1.165, 1.54) is 19.1 Å². The van der Waals surface area contributed by atoms with Gasteiger partial charge in [0.25, 0.3) is 5.56 Å². The van der Waals surface area contributed by atoms with Crippen LogP contribution in [-0.2, 0) is 14.3 Å². The van der Waals surface area contributed by atoms with Crippen LogP contribution in [0.5, 0.6) is 5.75 Å². The summed E-state index contributed by atoms with van der Waals surface area (Å²) in [6.45, 7) is 2.85. The third kappa shape index (κ3) is 5.02. The first-order valence-corrected chi connectivity index (χ1v) is 11.2. The van der Waals surface area contributed by atoms with Gasteiger partial charge in [-0.2, -0.15) is 0 Å². The highest BCUT2D eigenvalue weighted by Gasteiger charge is 2.32. The first kappa shape index (κ1) is 24.3. The zero-order valence-electron chi connectivity index (χ0n) is 18.4. The maximum absolute atomic E-state index is 13.5. The van der Waals surface area contributed by atoms with Gasteiger partial charge in [-0.05, 0) is 44.2 Å². The average molecular weight is 505 g/mol. The van der Waals surface area contributed by atoms with Crippen LogP contribution in [0.3, 0.4) is 0 Å². The number of nitrogens with zero attached hydrogens (tertiary/aromatic N) is 2. The minimum absolute atomic E-state index is 0.00926. The number of hydrogen-bond donors (Lipinski definition) is 1. The lowest BCUT2D eigenvalue weighted by molar-refractivity contribution is -0.274. The van der Waals surface area contributed by atoms with Crippen LogP contribution in [-0.4, -0.2) is 44.5 Å². The fourth-order valence-electron chi connectivity index (χ4n) is 3.47. The minimum atomic E-state index is -4.88. The van der Waals surface area contributed by atoms with E-state index in [1.807, 2.05) is 0 Å². The molecule has 0 aliphatic heterocycles. The lowest BCUT2D eigenvalue weighted by atomic mass is 10.2. The number of rotatable bonds is 7. The monoisotopic (exact) mass is 505 g/mol. The molecular formula is C23H18F3N3O5S. The van der Waals surface area contributed by atoms with Gasteiger partial charge in [-0.3, -0.25) is 19.0 Å². The smallest absolute Gasteiger partial charge is 0.465 e. The number of fused-ring (bicyclic) bond motifs is 3. The van der Waals surface area contributed by atoms with Gasteiger partial charge < -0.3 is 14.5 Å². The molecule has 1 atom stereocenters. The summed E-state index contributed by atoms with van der Waals surface area (Å²) in [7, 11) is 0. The van der Waals surface area contributed by atoms with Crippen LogP contribution >= 0.6 is 11.8 Å². The van der Waals surface area contributed by atoms with Crippen LogP contribution in [0, 0.1) is 0 Å². The molecule has 2 aromatic carbocycles. The second-order valence-corrected chi connectivity index (χ2v) is 8.40. The molecule has 35 heavy (non-hydrogen) atoms. The van der Waals surface area contributed by atoms with E-state index in [1.54, 1.807) is 31.2 Å². The summed E-state index contributed by atoms with van der Waals surface area (Å²) >= 11 is 0.724. The summed E-state index contributed by atoms with van der Waals surface area (Å²) in [5.74, 6) is -1.78. The highest BCUT2D eigenvalue weighted by Crippen LogP contribution is 2.30. The van der Waals surface area contributed by atoms with Crippen molar-refractivity contribution in [3.05, 3.63) is 58.9 Å². The molecule has 1 unspecified atom stereocenters. The molecule has 0 fully saturated rings. The van der Waals surface area contributed by atoms with Gasteiger partial charge >= 0.3 is 12.3 Å². The Hall–Kier alpha value is -3.80. The van der Waals surface area contributed by atoms with E-state index in [-0.39, 0.29) is 23.0 Å². The molecule has 0 amide bonds. The molecule has 8 nitrogen and oxygen atoms in total. The average Bonchev–Trinajstić information content (AvgIpc) is 3.16. The molecule has 4 aromatic rings. The maximum Gasteiger partial charge on any atom is 0.573 e. The van der Waals surface area contributed by atoms with E-state index < -0.39 is 34.7 Å². The molecule has 182 valence electrons. The highest BCUT2D eigenvalue weighted by atomic mass is 32.2. The van der Waals surface area contributed by atoms with Gasteiger partial charge in [0.1, 0.15) is 16.8 Å². The summed E-state index contributed by atoms with van der Waals surface area (Å²) < 4.78 is 47.7. The van der Waals surface area contributed by atoms with E-state index in [9.17, 15) is 27.6 Å². The highest BCUT2D eigenvalue weighted by molar-refractivity contribution is 8.01. The number of esters is 1. The molecule has 0 bridgehead atoms. The second-order valence-electron chi connectivity index (χ2n) is 7.33. The Morgan fingerprint density at radius 3 is 2.46 bits per heavy atom. The molecule has 0 aliphatic rings. The molecule has 12 heteroatoms. The second kappa shape index (κ2) is 9.45. The molecule has 4 rings (SSSR count). The Balaban J connectivity index is 1.91. The summed E-state index contributed by atoms with van der Waals surface area (Å²) in [5.41, 5.74) is 0.716. The number of ketones is 1. The molecule has 0 saturated carbocycles. The summed E-state index contributed by atoms with van der Waals surface area (Å²) in [4.78, 5) is 45.8. The maximum atomic E-state index is 13.5. The van der Waals surface area contributed by atoms with Gasteiger partial charge in [0, 0.05) is 10.9 Å². The number of para-hydroxylation sites is 1. The zero-order valence-corrected chi connectivity index (χ0v) is 19.2. The predicted molar refractivity (Wildman–Crippen MR) is 123 cm³/mol. The normalized spacial score (nSPS) is 12.6. The number of halogens is 3. The number of aromatic amines is 1. The van der Waals surface area contributed by atoms with Crippen molar-refractivity contribution in [3.8, 4) is 11.4 Å². The third-order valence-electron chi connectivity index (χ3n) is 4.92. The number of hydrogen-bond acceptors (Lipinski definition) is 7. The summed E-state index contributed by atoms with van der Waals surface area (Å²) in [6.07, 6.45) is -4.88. The van der Waals surface area contributed by atoms with E-state index >= 15 is 0 Å². The standard InChI is InChI=1S/C23H18F3N3O5S/c1-3-33-21(32)19(12(2)30)35-22-28-17-15-6-4-5-7-16(15)27-18(17)20(31)29(22)13-8-10-14(11-9-13)34-23(24,25)26/h4-11,19,27H,3H2,1-2H3. The Labute approximate surface area is 200 Å². The Kier molecular flexibility index (Phi) is 6.57. The van der Waals surface area contributed by atoms with Gasteiger partial charge in [-0.15, -0.1) is 13.2 Å². The number of Topliss-reactive ketones (excluding diaryl/α,β-unsaturated/α-hetero) is 1. The van der Waals surface area contributed by atoms with Crippen LogP contribution in [0.4, 0.5) is 13.2 Å². The van der Waals surface area contributed by atoms with Gasteiger partial charge in [-0.25, -0.2) is 4.98 Å². The largest absolute Gasteiger partial charge is 0.573 e. The first-order chi connectivity index (χ1) is 16.6. The van der Waals surface area contributed by atoms with E-state index in [0.29, 0.717) is 16.4 Å². The molecule has 1 N–H and O–H groups in total. The quantitative estimate of drug-likeness (QED) is 0.172. The molecule has 0 radical (unpaired) electrons. The van der Waals surface area contributed by atoms with Gasteiger partial charge in [-0.1, -0.05) is 30.0 Å². The van der Waals surface area contributed by atoms with Crippen molar-refractivity contribution in [2.75, 3.05) is 6.61 Å². The Morgan fingerprint density at radius 2 is 1.83 bits per heavy atom. The van der Waals surface area contributed by atoms with Crippen LogP contribution < -0.4 is 10.3 Å². The van der Waals surface area contributed by atoms with Gasteiger partial charge in [0.05, 0.1) is 12.3 Å². The van der Waals surface area contributed by atoms with Gasteiger partial charge in [0.15, 0.2) is 16.2 Å². The SMILES string of the molecule is CCOC(=O)C(Sc1nc2c([nH]c3ccccc32)c(=O)n1-c1ccc(OC(F)(F)F)cc1)C(C)=O. The van der Waals surface area contributed by atoms with Crippen molar-refractivity contribution in [2.45, 2.75) is 30.6 Å². The lowest BCUT2D eigenvalue weighted by Gasteiger charge is -2.16. The van der Waals surface area contributed by atoms with Crippen LogP contribution in [0.15, 0.2) is 58.5 Å². The summed E-state index contributed by atoms with van der Waals surface area (Å²) in [5, 5.41) is -0.661. The van der Waals surface area contributed by atoms with Crippen molar-refractivity contribution in [1.82, 2.24) is 14.5 Å². The van der Waals surface area contributed by atoms with Gasteiger partial charge in [0.2, 0.25) is 0 Å². The molecule has 0 spiro atoms. The fraction of sp³-hybridized carbons (Fsp3) is 0.217. The number of alkyl halides is 3. The Bertz CT molecular complexity index is 1480. The van der Waals surface area contributed by atoms with E-state index in [2.05, 4.69) is 14.7 Å². The number of thioether (sulfide) groups is 1. The van der Waals surface area contributed by atoms with E-state index in [0.717, 1.165) is 28.5 Å². The number of carbonyl (C=O) groups excluding carboxylic acids is 2. The van der Waals surface area contributed by atoms with Crippen molar-refractivity contribution in [1.29, 1.82) is 0 Å². The third-order valence-corrected chi connectivity index (χ3v) is 6.16. The lowest BCUT2D eigenvalue weighted by Crippen LogP contribution is -2.29. The van der Waals surface area contributed by atoms with Crippen molar-refractivity contribution in [3.63, 3.8) is 0 Å². The number of carbonyl (C=O) groups is 2. The number of aromatic nitrogens is 3. The zero-order chi connectivity index (χ0) is 25.3.